The van der Waals surface area contributed by atoms with Crippen molar-refractivity contribution in [3.05, 3.63) is 12.2 Å². The van der Waals surface area contributed by atoms with Crippen molar-refractivity contribution in [2.75, 3.05) is 13.2 Å². The number of ether oxygens (including phenoxy) is 2. The highest BCUT2D eigenvalue weighted by Gasteiger charge is 2.61. The molecule has 0 aromatic rings. The van der Waals surface area contributed by atoms with Crippen LogP contribution in [0.25, 0.3) is 0 Å². The molecular weight excluding hydrogens is 194 g/mol. The van der Waals surface area contributed by atoms with Crippen molar-refractivity contribution in [1.82, 2.24) is 4.90 Å². The maximum Gasteiger partial charge on any atom is 0.410 e. The second kappa shape index (κ2) is 2.38. The maximum absolute atomic E-state index is 11.5. The molecule has 4 rings (SSSR count). The van der Waals surface area contributed by atoms with Crippen LogP contribution in [0.2, 0.25) is 0 Å². The lowest BCUT2D eigenvalue weighted by molar-refractivity contribution is -0.0576. The number of amides is 1. The van der Waals surface area contributed by atoms with E-state index in [1.54, 1.807) is 0 Å². The molecule has 4 heterocycles. The van der Waals surface area contributed by atoms with Gasteiger partial charge in [-0.25, -0.2) is 4.79 Å². The number of carbonyl (C=O) groups excluding carboxylic acids is 1. The van der Waals surface area contributed by atoms with Crippen LogP contribution >= 0.6 is 0 Å². The zero-order valence-electron chi connectivity index (χ0n) is 8.39. The molecule has 0 radical (unpaired) electrons. The number of rotatable bonds is 0. The molecule has 0 N–H and O–H groups in total. The molecule has 1 spiro atoms. The summed E-state index contributed by atoms with van der Waals surface area (Å²) in [7, 11) is 0. The van der Waals surface area contributed by atoms with Crippen LogP contribution in [0.4, 0.5) is 4.79 Å². The Balaban J connectivity index is 1.79. The number of hydrogen-bond acceptors (Lipinski definition) is 3. The third-order valence-corrected chi connectivity index (χ3v) is 4.30. The molecule has 4 heteroatoms. The lowest BCUT2D eigenvalue weighted by Gasteiger charge is -2.43. The molecular formula is C11H13NO3. The monoisotopic (exact) mass is 207 g/mol. The summed E-state index contributed by atoms with van der Waals surface area (Å²) >= 11 is 0. The van der Waals surface area contributed by atoms with Crippen molar-refractivity contribution < 1.29 is 14.3 Å². The van der Waals surface area contributed by atoms with E-state index in [0.717, 1.165) is 19.4 Å². The van der Waals surface area contributed by atoms with Gasteiger partial charge in [0, 0.05) is 6.54 Å². The second-order valence-electron chi connectivity index (χ2n) is 4.88. The molecule has 0 saturated carbocycles. The van der Waals surface area contributed by atoms with Crippen LogP contribution in [0.3, 0.4) is 0 Å². The van der Waals surface area contributed by atoms with E-state index in [-0.39, 0.29) is 23.8 Å². The van der Waals surface area contributed by atoms with E-state index >= 15 is 0 Å². The molecule has 2 bridgehead atoms. The van der Waals surface area contributed by atoms with Gasteiger partial charge in [0.25, 0.3) is 0 Å². The van der Waals surface area contributed by atoms with Gasteiger partial charge in [0.2, 0.25) is 0 Å². The third-order valence-electron chi connectivity index (χ3n) is 4.30. The Hall–Kier alpha value is -1.03. The predicted molar refractivity (Wildman–Crippen MR) is 51.3 cm³/mol. The normalized spacial score (nSPS) is 50.5. The summed E-state index contributed by atoms with van der Waals surface area (Å²) in [5.41, 5.74) is -0.213. The molecule has 4 nitrogen and oxygen atoms in total. The maximum atomic E-state index is 11.5. The van der Waals surface area contributed by atoms with Gasteiger partial charge in [-0.3, -0.25) is 4.90 Å². The fourth-order valence-electron chi connectivity index (χ4n) is 3.59. The molecule has 15 heavy (non-hydrogen) atoms. The Morgan fingerprint density at radius 2 is 2.47 bits per heavy atom. The first-order chi connectivity index (χ1) is 7.29. The minimum absolute atomic E-state index is 0.118. The number of hydrogen-bond donors (Lipinski definition) is 0. The predicted octanol–water partition coefficient (Wildman–Crippen LogP) is 0.925. The standard InChI is InChI=1S/C11H13NO3/c13-10-12-4-2-7-5-8-1-3-11(7,15-8)9(12)6-14-10/h1,3,7-9H,2,4-6H2/t7-,8-,9+,11-/m1/s1. The molecule has 4 atom stereocenters. The van der Waals surface area contributed by atoms with Gasteiger partial charge in [0.05, 0.1) is 6.10 Å². The average molecular weight is 207 g/mol. The highest BCUT2D eigenvalue weighted by Crippen LogP contribution is 2.51. The SMILES string of the molecule is O=C1OC[C@@H]2N1CC[C@@H]1C[C@H]3C=C[C@@]12O3. The van der Waals surface area contributed by atoms with Gasteiger partial charge >= 0.3 is 6.09 Å². The summed E-state index contributed by atoms with van der Waals surface area (Å²) < 4.78 is 11.2. The van der Waals surface area contributed by atoms with Crippen molar-refractivity contribution in [1.29, 1.82) is 0 Å². The molecule has 0 unspecified atom stereocenters. The minimum atomic E-state index is -0.213. The van der Waals surface area contributed by atoms with Gasteiger partial charge in [-0.2, -0.15) is 0 Å². The quantitative estimate of drug-likeness (QED) is 0.554. The molecule has 1 amide bonds. The number of cyclic esters (lactones) is 1. The Morgan fingerprint density at radius 1 is 1.53 bits per heavy atom. The molecule has 0 aromatic carbocycles. The van der Waals surface area contributed by atoms with Crippen LogP contribution in [-0.4, -0.2) is 41.9 Å². The van der Waals surface area contributed by atoms with E-state index in [0.29, 0.717) is 12.5 Å². The van der Waals surface area contributed by atoms with Crippen LogP contribution in [-0.2, 0) is 9.47 Å². The van der Waals surface area contributed by atoms with Crippen molar-refractivity contribution in [3.63, 3.8) is 0 Å². The van der Waals surface area contributed by atoms with E-state index in [9.17, 15) is 4.79 Å². The number of nitrogens with zero attached hydrogens (tertiary/aromatic N) is 1. The fraction of sp³-hybridized carbons (Fsp3) is 0.727. The first-order valence-corrected chi connectivity index (χ1v) is 5.60. The summed E-state index contributed by atoms with van der Waals surface area (Å²) in [4.78, 5) is 13.3. The van der Waals surface area contributed by atoms with Crippen LogP contribution in [0, 0.1) is 5.92 Å². The van der Waals surface area contributed by atoms with Crippen molar-refractivity contribution in [3.8, 4) is 0 Å². The van der Waals surface area contributed by atoms with E-state index in [1.165, 1.54) is 0 Å². The minimum Gasteiger partial charge on any atom is -0.447 e. The highest BCUT2D eigenvalue weighted by molar-refractivity contribution is 5.71. The number of carbonyl (C=O) groups is 1. The highest BCUT2D eigenvalue weighted by atomic mass is 16.6. The third kappa shape index (κ3) is 0.807. The Labute approximate surface area is 87.8 Å². The lowest BCUT2D eigenvalue weighted by atomic mass is 9.73. The Morgan fingerprint density at radius 3 is 3.33 bits per heavy atom. The van der Waals surface area contributed by atoms with Crippen molar-refractivity contribution in [2.45, 2.75) is 30.6 Å². The van der Waals surface area contributed by atoms with Crippen molar-refractivity contribution >= 4 is 6.09 Å². The summed E-state index contributed by atoms with van der Waals surface area (Å²) in [6, 6.07) is 0.118. The largest absolute Gasteiger partial charge is 0.447 e. The van der Waals surface area contributed by atoms with Gasteiger partial charge in [-0.1, -0.05) is 12.2 Å². The van der Waals surface area contributed by atoms with Crippen LogP contribution in [0.1, 0.15) is 12.8 Å². The van der Waals surface area contributed by atoms with E-state index in [1.807, 2.05) is 4.90 Å². The van der Waals surface area contributed by atoms with Crippen LogP contribution < -0.4 is 0 Å². The summed E-state index contributed by atoms with van der Waals surface area (Å²) in [5.74, 6) is 0.586. The van der Waals surface area contributed by atoms with Gasteiger partial charge in [-0.05, 0) is 18.8 Å². The number of piperidine rings is 1. The summed E-state index contributed by atoms with van der Waals surface area (Å²) in [6.45, 7) is 1.33. The summed E-state index contributed by atoms with van der Waals surface area (Å²) in [6.07, 6.45) is 6.60. The first kappa shape index (κ1) is 8.16. The molecule has 80 valence electrons. The topological polar surface area (TPSA) is 38.8 Å². The summed E-state index contributed by atoms with van der Waals surface area (Å²) in [5, 5.41) is 0. The molecule has 4 aliphatic heterocycles. The van der Waals surface area contributed by atoms with Gasteiger partial charge in [-0.15, -0.1) is 0 Å². The van der Waals surface area contributed by atoms with Gasteiger partial charge in [0.1, 0.15) is 18.2 Å². The molecule has 3 saturated heterocycles. The smallest absolute Gasteiger partial charge is 0.410 e. The average Bonchev–Trinajstić information content (AvgIpc) is 2.88. The van der Waals surface area contributed by atoms with Crippen LogP contribution in [0.5, 0.6) is 0 Å². The second-order valence-corrected chi connectivity index (χ2v) is 4.88. The lowest BCUT2D eigenvalue weighted by Crippen LogP contribution is -2.57. The molecule has 0 aromatic heterocycles. The van der Waals surface area contributed by atoms with Crippen LogP contribution in [0.15, 0.2) is 12.2 Å². The van der Waals surface area contributed by atoms with Gasteiger partial charge in [0.15, 0.2) is 0 Å². The molecule has 4 aliphatic rings. The zero-order valence-corrected chi connectivity index (χ0v) is 8.39. The fourth-order valence-corrected chi connectivity index (χ4v) is 3.59. The Bertz CT molecular complexity index is 367. The van der Waals surface area contributed by atoms with E-state index in [4.69, 9.17) is 9.47 Å². The zero-order chi connectivity index (χ0) is 10.0. The molecule has 3 fully saturated rings. The first-order valence-electron chi connectivity index (χ1n) is 5.60. The van der Waals surface area contributed by atoms with Gasteiger partial charge < -0.3 is 9.47 Å². The Kier molecular flexibility index (Phi) is 1.29. The van der Waals surface area contributed by atoms with E-state index in [2.05, 4.69) is 12.2 Å². The molecule has 0 aliphatic carbocycles. The number of fused-ring (bicyclic) bond motifs is 2. The van der Waals surface area contributed by atoms with E-state index < -0.39 is 0 Å². The van der Waals surface area contributed by atoms with Crippen molar-refractivity contribution in [2.24, 2.45) is 5.92 Å².